The predicted octanol–water partition coefficient (Wildman–Crippen LogP) is 4.48. The van der Waals surface area contributed by atoms with Crippen LogP contribution < -0.4 is 0 Å². The summed E-state index contributed by atoms with van der Waals surface area (Å²) >= 11 is 6.24. The van der Waals surface area contributed by atoms with Gasteiger partial charge in [-0.2, -0.15) is 5.10 Å². The maximum atomic E-state index is 12.2. The first-order chi connectivity index (χ1) is 12.5. The van der Waals surface area contributed by atoms with Crippen molar-refractivity contribution in [3.05, 3.63) is 69.4 Å². The van der Waals surface area contributed by atoms with Gasteiger partial charge in [0.2, 0.25) is 0 Å². The minimum Gasteiger partial charge on any atom is -0.462 e. The fourth-order valence-corrected chi connectivity index (χ4v) is 2.90. The zero-order valence-electron chi connectivity index (χ0n) is 13.7. The number of hydrogen-bond donors (Lipinski definition) is 1. The van der Waals surface area contributed by atoms with Gasteiger partial charge in [-0.05, 0) is 19.1 Å². The number of nitro benzene ring substituents is 1. The van der Waals surface area contributed by atoms with Crippen LogP contribution in [0.25, 0.3) is 22.4 Å². The van der Waals surface area contributed by atoms with Crippen LogP contribution in [0.5, 0.6) is 0 Å². The highest BCUT2D eigenvalue weighted by Gasteiger charge is 2.20. The number of benzene rings is 2. The van der Waals surface area contributed by atoms with Gasteiger partial charge in [-0.3, -0.25) is 15.2 Å². The second kappa shape index (κ2) is 7.37. The Labute approximate surface area is 153 Å². The summed E-state index contributed by atoms with van der Waals surface area (Å²) in [5.41, 5.74) is 2.66. The lowest BCUT2D eigenvalue weighted by Crippen LogP contribution is -2.06. The predicted molar refractivity (Wildman–Crippen MR) is 97.1 cm³/mol. The van der Waals surface area contributed by atoms with Crippen molar-refractivity contribution < 1.29 is 14.5 Å². The Morgan fingerprint density at radius 2 is 2.00 bits per heavy atom. The molecule has 1 heterocycles. The highest BCUT2D eigenvalue weighted by Crippen LogP contribution is 2.37. The fraction of sp³-hybridized carbons (Fsp3) is 0.111. The molecule has 0 saturated carbocycles. The van der Waals surface area contributed by atoms with E-state index < -0.39 is 10.9 Å². The molecule has 0 amide bonds. The molecule has 0 radical (unpaired) electrons. The van der Waals surface area contributed by atoms with Crippen molar-refractivity contribution in [1.82, 2.24) is 10.2 Å². The molecule has 0 aliphatic rings. The molecule has 132 valence electrons. The van der Waals surface area contributed by atoms with E-state index in [4.69, 9.17) is 16.3 Å². The fourth-order valence-electron chi connectivity index (χ4n) is 2.62. The summed E-state index contributed by atoms with van der Waals surface area (Å²) in [5.74, 6) is -0.446. The molecule has 7 nitrogen and oxygen atoms in total. The van der Waals surface area contributed by atoms with Crippen molar-refractivity contribution in [2.45, 2.75) is 6.92 Å². The lowest BCUT2D eigenvalue weighted by atomic mass is 9.98. The van der Waals surface area contributed by atoms with Crippen LogP contribution in [0.2, 0.25) is 5.02 Å². The summed E-state index contributed by atoms with van der Waals surface area (Å²) in [6.07, 6.45) is 1.56. The van der Waals surface area contributed by atoms with Gasteiger partial charge in [0, 0.05) is 28.8 Å². The van der Waals surface area contributed by atoms with Crippen molar-refractivity contribution >= 4 is 23.3 Å². The normalized spacial score (nSPS) is 10.5. The molecule has 1 N–H and O–H groups in total. The van der Waals surface area contributed by atoms with E-state index in [1.54, 1.807) is 43.5 Å². The number of aromatic amines is 1. The van der Waals surface area contributed by atoms with E-state index in [2.05, 4.69) is 10.2 Å². The number of halogens is 1. The molecule has 0 bridgehead atoms. The summed E-state index contributed by atoms with van der Waals surface area (Å²) in [4.78, 5) is 22.6. The van der Waals surface area contributed by atoms with Crippen molar-refractivity contribution in [3.63, 3.8) is 0 Å². The number of esters is 1. The standard InChI is InChI=1S/C18H14ClN3O4/c1-2-26-18(23)14-6-4-3-5-13(14)17-15(10-20-21-17)12-8-7-11(22(24)25)9-16(12)19/h3-10H,2H2,1H3,(H,20,21). The molecule has 1 aromatic heterocycles. The highest BCUT2D eigenvalue weighted by atomic mass is 35.5. The topological polar surface area (TPSA) is 98.1 Å². The Morgan fingerprint density at radius 3 is 2.69 bits per heavy atom. The molecule has 3 aromatic rings. The first-order valence-corrected chi connectivity index (χ1v) is 8.15. The van der Waals surface area contributed by atoms with Gasteiger partial charge in [0.05, 0.1) is 34.0 Å². The Bertz CT molecular complexity index is 984. The zero-order chi connectivity index (χ0) is 18.7. The number of carbonyl (C=O) groups is 1. The van der Waals surface area contributed by atoms with E-state index in [-0.39, 0.29) is 17.3 Å². The molecule has 0 aliphatic heterocycles. The SMILES string of the molecule is CCOC(=O)c1ccccc1-c1[nH]ncc1-c1ccc([N+](=O)[O-])cc1Cl. The molecule has 0 atom stereocenters. The van der Waals surface area contributed by atoms with Gasteiger partial charge in [0.25, 0.3) is 5.69 Å². The van der Waals surface area contributed by atoms with Crippen LogP contribution in [-0.2, 0) is 4.74 Å². The Kier molecular flexibility index (Phi) is 4.99. The number of nitrogens with one attached hydrogen (secondary N) is 1. The van der Waals surface area contributed by atoms with Crippen LogP contribution in [0, 0.1) is 10.1 Å². The molecule has 0 saturated heterocycles. The van der Waals surface area contributed by atoms with E-state index in [1.165, 1.54) is 12.1 Å². The number of non-ortho nitro benzene ring substituents is 1. The van der Waals surface area contributed by atoms with E-state index in [0.29, 0.717) is 27.9 Å². The Morgan fingerprint density at radius 1 is 1.23 bits per heavy atom. The molecule has 0 aliphatic carbocycles. The first-order valence-electron chi connectivity index (χ1n) is 7.77. The van der Waals surface area contributed by atoms with Gasteiger partial charge in [-0.25, -0.2) is 4.79 Å². The van der Waals surface area contributed by atoms with Crippen LogP contribution in [0.4, 0.5) is 5.69 Å². The number of nitrogens with zero attached hydrogens (tertiary/aromatic N) is 2. The third kappa shape index (κ3) is 3.29. The Hall–Kier alpha value is -3.19. The smallest absolute Gasteiger partial charge is 0.338 e. The van der Waals surface area contributed by atoms with E-state index in [1.807, 2.05) is 0 Å². The van der Waals surface area contributed by atoms with E-state index in [9.17, 15) is 14.9 Å². The van der Waals surface area contributed by atoms with Gasteiger partial charge in [-0.15, -0.1) is 0 Å². The van der Waals surface area contributed by atoms with Crippen LogP contribution in [-0.4, -0.2) is 27.7 Å². The van der Waals surface area contributed by atoms with Gasteiger partial charge < -0.3 is 4.74 Å². The molecule has 0 spiro atoms. The highest BCUT2D eigenvalue weighted by molar-refractivity contribution is 6.33. The molecule has 26 heavy (non-hydrogen) atoms. The largest absolute Gasteiger partial charge is 0.462 e. The maximum absolute atomic E-state index is 12.2. The van der Waals surface area contributed by atoms with Gasteiger partial charge in [0.1, 0.15) is 0 Å². The minimum atomic E-state index is -0.512. The average Bonchev–Trinajstić information content (AvgIpc) is 3.11. The van der Waals surface area contributed by atoms with Gasteiger partial charge in [0.15, 0.2) is 0 Å². The van der Waals surface area contributed by atoms with Crippen LogP contribution in [0.3, 0.4) is 0 Å². The van der Waals surface area contributed by atoms with Crippen molar-refractivity contribution in [2.24, 2.45) is 0 Å². The van der Waals surface area contributed by atoms with Crippen molar-refractivity contribution in [2.75, 3.05) is 6.61 Å². The number of rotatable bonds is 5. The number of hydrogen-bond acceptors (Lipinski definition) is 5. The quantitative estimate of drug-likeness (QED) is 0.405. The molecule has 2 aromatic carbocycles. The number of nitro groups is 1. The molecule has 3 rings (SSSR count). The molecular weight excluding hydrogens is 358 g/mol. The molecule has 0 fully saturated rings. The lowest BCUT2D eigenvalue weighted by Gasteiger charge is -2.10. The number of H-pyrrole nitrogens is 1. The summed E-state index contributed by atoms with van der Waals surface area (Å²) in [7, 11) is 0. The van der Waals surface area contributed by atoms with Crippen LogP contribution in [0.15, 0.2) is 48.7 Å². The zero-order valence-corrected chi connectivity index (χ0v) is 14.5. The van der Waals surface area contributed by atoms with E-state index in [0.717, 1.165) is 0 Å². The van der Waals surface area contributed by atoms with Crippen molar-refractivity contribution in [3.8, 4) is 22.4 Å². The summed E-state index contributed by atoms with van der Waals surface area (Å²) < 4.78 is 5.10. The average molecular weight is 372 g/mol. The lowest BCUT2D eigenvalue weighted by molar-refractivity contribution is -0.384. The second-order valence-corrected chi connectivity index (χ2v) is 5.75. The second-order valence-electron chi connectivity index (χ2n) is 5.35. The van der Waals surface area contributed by atoms with Crippen LogP contribution >= 0.6 is 11.6 Å². The third-order valence-electron chi connectivity index (χ3n) is 3.78. The maximum Gasteiger partial charge on any atom is 0.338 e. The monoisotopic (exact) mass is 371 g/mol. The van der Waals surface area contributed by atoms with Crippen molar-refractivity contribution in [1.29, 1.82) is 0 Å². The molecule has 0 unspecified atom stereocenters. The molecular formula is C18H14ClN3O4. The first kappa shape index (κ1) is 17.6. The summed E-state index contributed by atoms with van der Waals surface area (Å²) in [6.45, 7) is 2.00. The molecule has 8 heteroatoms. The number of aromatic nitrogens is 2. The summed E-state index contributed by atoms with van der Waals surface area (Å²) in [6, 6.07) is 11.2. The van der Waals surface area contributed by atoms with Crippen LogP contribution in [0.1, 0.15) is 17.3 Å². The van der Waals surface area contributed by atoms with Gasteiger partial charge in [-0.1, -0.05) is 29.8 Å². The summed E-state index contributed by atoms with van der Waals surface area (Å²) in [5, 5.41) is 18.0. The van der Waals surface area contributed by atoms with Gasteiger partial charge >= 0.3 is 5.97 Å². The minimum absolute atomic E-state index is 0.101. The number of ether oxygens (including phenoxy) is 1. The number of carbonyl (C=O) groups excluding carboxylic acids is 1. The van der Waals surface area contributed by atoms with E-state index >= 15 is 0 Å². The Balaban J connectivity index is 2.11. The third-order valence-corrected chi connectivity index (χ3v) is 4.10.